The Morgan fingerprint density at radius 1 is 0.333 bits per heavy atom. The minimum Gasteiger partial charge on any atom is -0.462 e. The number of ether oxygens (including phenoxy) is 3. The first kappa shape index (κ1) is 57.6. The van der Waals surface area contributed by atoms with Crippen molar-refractivity contribution in [2.24, 2.45) is 0 Å². The van der Waals surface area contributed by atoms with Crippen molar-refractivity contribution in [1.29, 1.82) is 0 Å². The molecule has 0 saturated carbocycles. The zero-order valence-corrected chi connectivity index (χ0v) is 40.0. The van der Waals surface area contributed by atoms with Crippen molar-refractivity contribution in [3.8, 4) is 0 Å². The lowest BCUT2D eigenvalue weighted by Crippen LogP contribution is -2.30. The Hall–Kier alpha value is -2.37. The molecule has 0 aliphatic rings. The Morgan fingerprint density at radius 2 is 0.600 bits per heavy atom. The molecule has 0 aromatic carbocycles. The second kappa shape index (κ2) is 49.3. The summed E-state index contributed by atoms with van der Waals surface area (Å²) >= 11 is 0. The number of allylic oxidation sites excluding steroid dienone is 6. The van der Waals surface area contributed by atoms with E-state index in [0.717, 1.165) is 70.6 Å². The van der Waals surface area contributed by atoms with E-state index in [1.807, 2.05) is 0 Å². The van der Waals surface area contributed by atoms with E-state index in [1.54, 1.807) is 0 Å². The van der Waals surface area contributed by atoms with E-state index in [-0.39, 0.29) is 31.1 Å². The van der Waals surface area contributed by atoms with Crippen LogP contribution in [0.3, 0.4) is 0 Å². The summed E-state index contributed by atoms with van der Waals surface area (Å²) in [5, 5.41) is 0. The largest absolute Gasteiger partial charge is 0.462 e. The predicted molar refractivity (Wildman–Crippen MR) is 256 cm³/mol. The highest BCUT2D eigenvalue weighted by Crippen LogP contribution is 2.15. The molecule has 350 valence electrons. The molecule has 0 fully saturated rings. The molecule has 0 rings (SSSR count). The summed E-state index contributed by atoms with van der Waals surface area (Å²) in [7, 11) is 0. The van der Waals surface area contributed by atoms with Crippen LogP contribution in [0.4, 0.5) is 0 Å². The van der Waals surface area contributed by atoms with Crippen LogP contribution in [-0.4, -0.2) is 37.2 Å². The van der Waals surface area contributed by atoms with Gasteiger partial charge in [0, 0.05) is 19.3 Å². The maximum atomic E-state index is 12.7. The molecule has 0 heterocycles. The van der Waals surface area contributed by atoms with Crippen LogP contribution in [0.5, 0.6) is 0 Å². The zero-order valence-electron chi connectivity index (χ0n) is 40.0. The average molecular weight is 843 g/mol. The summed E-state index contributed by atoms with van der Waals surface area (Å²) in [5.41, 5.74) is 0. The van der Waals surface area contributed by atoms with Gasteiger partial charge in [-0.25, -0.2) is 0 Å². The molecule has 0 aliphatic heterocycles. The Labute approximate surface area is 372 Å². The molecule has 0 bridgehead atoms. The Bertz CT molecular complexity index is 1020. The van der Waals surface area contributed by atoms with Gasteiger partial charge in [-0.3, -0.25) is 14.4 Å². The summed E-state index contributed by atoms with van der Waals surface area (Å²) in [6.45, 7) is 6.54. The maximum absolute atomic E-state index is 12.7. The fourth-order valence-corrected chi connectivity index (χ4v) is 7.41. The van der Waals surface area contributed by atoms with Crippen LogP contribution in [0.25, 0.3) is 0 Å². The van der Waals surface area contributed by atoms with Crippen LogP contribution < -0.4 is 0 Å². The summed E-state index contributed by atoms with van der Waals surface area (Å²) in [6, 6.07) is 0. The summed E-state index contributed by atoms with van der Waals surface area (Å²) < 4.78 is 16.7. The van der Waals surface area contributed by atoms with Gasteiger partial charge in [-0.1, -0.05) is 211 Å². The number of carbonyl (C=O) groups excluding carboxylic acids is 3. The van der Waals surface area contributed by atoms with Crippen LogP contribution in [-0.2, 0) is 28.6 Å². The Morgan fingerprint density at radius 3 is 0.967 bits per heavy atom. The van der Waals surface area contributed by atoms with Gasteiger partial charge in [0.25, 0.3) is 0 Å². The van der Waals surface area contributed by atoms with Crippen molar-refractivity contribution in [3.63, 3.8) is 0 Å². The highest BCUT2D eigenvalue weighted by Gasteiger charge is 2.19. The molecule has 6 heteroatoms. The Kier molecular flexibility index (Phi) is 47.3. The van der Waals surface area contributed by atoms with E-state index in [1.165, 1.54) is 161 Å². The van der Waals surface area contributed by atoms with Gasteiger partial charge in [0.2, 0.25) is 0 Å². The number of hydrogen-bond donors (Lipinski definition) is 0. The molecule has 0 aromatic rings. The van der Waals surface area contributed by atoms with Crippen molar-refractivity contribution in [2.45, 2.75) is 277 Å². The van der Waals surface area contributed by atoms with Gasteiger partial charge in [0.15, 0.2) is 6.10 Å². The van der Waals surface area contributed by atoms with E-state index in [9.17, 15) is 14.4 Å². The number of hydrogen-bond acceptors (Lipinski definition) is 6. The molecule has 1 atom stereocenters. The van der Waals surface area contributed by atoms with Gasteiger partial charge < -0.3 is 14.2 Å². The van der Waals surface area contributed by atoms with E-state index in [4.69, 9.17) is 14.2 Å². The summed E-state index contributed by atoms with van der Waals surface area (Å²) in [4.78, 5) is 37.7. The monoisotopic (exact) mass is 843 g/mol. The summed E-state index contributed by atoms with van der Waals surface area (Å²) in [5.74, 6) is -0.888. The van der Waals surface area contributed by atoms with Gasteiger partial charge in [-0.05, 0) is 77.0 Å². The fraction of sp³-hybridized carbons (Fsp3) is 0.833. The van der Waals surface area contributed by atoms with E-state index in [0.29, 0.717) is 19.3 Å². The summed E-state index contributed by atoms with van der Waals surface area (Å²) in [6.07, 6.45) is 57.3. The lowest BCUT2D eigenvalue weighted by atomic mass is 10.1. The normalized spacial score (nSPS) is 12.2. The molecule has 60 heavy (non-hydrogen) atoms. The molecule has 0 amide bonds. The van der Waals surface area contributed by atoms with Crippen molar-refractivity contribution in [3.05, 3.63) is 36.5 Å². The van der Waals surface area contributed by atoms with Gasteiger partial charge in [0.05, 0.1) is 0 Å². The second-order valence-electron chi connectivity index (χ2n) is 17.4. The van der Waals surface area contributed by atoms with Crippen molar-refractivity contribution < 1.29 is 28.6 Å². The van der Waals surface area contributed by atoms with Gasteiger partial charge >= 0.3 is 17.9 Å². The van der Waals surface area contributed by atoms with Crippen LogP contribution >= 0.6 is 0 Å². The van der Waals surface area contributed by atoms with E-state index >= 15 is 0 Å². The van der Waals surface area contributed by atoms with Gasteiger partial charge in [-0.2, -0.15) is 0 Å². The number of rotatable bonds is 47. The molecule has 1 unspecified atom stereocenters. The van der Waals surface area contributed by atoms with Crippen LogP contribution in [0.2, 0.25) is 0 Å². The van der Waals surface area contributed by atoms with Gasteiger partial charge in [0.1, 0.15) is 13.2 Å². The molecule has 0 aliphatic carbocycles. The van der Waals surface area contributed by atoms with E-state index in [2.05, 4.69) is 57.2 Å². The zero-order chi connectivity index (χ0) is 43.7. The molecule has 0 N–H and O–H groups in total. The first-order valence-corrected chi connectivity index (χ1v) is 26.0. The molecule has 6 nitrogen and oxygen atoms in total. The van der Waals surface area contributed by atoms with Crippen LogP contribution in [0.1, 0.15) is 271 Å². The minimum atomic E-state index is -0.770. The van der Waals surface area contributed by atoms with Crippen LogP contribution in [0, 0.1) is 0 Å². The second-order valence-corrected chi connectivity index (χ2v) is 17.4. The lowest BCUT2D eigenvalue weighted by Gasteiger charge is -2.18. The minimum absolute atomic E-state index is 0.0747. The average Bonchev–Trinajstić information content (AvgIpc) is 3.24. The molecular weight excluding hydrogens is 745 g/mol. The smallest absolute Gasteiger partial charge is 0.306 e. The van der Waals surface area contributed by atoms with E-state index < -0.39 is 6.10 Å². The van der Waals surface area contributed by atoms with Crippen molar-refractivity contribution in [1.82, 2.24) is 0 Å². The van der Waals surface area contributed by atoms with Gasteiger partial charge in [-0.15, -0.1) is 0 Å². The van der Waals surface area contributed by atoms with Crippen LogP contribution in [0.15, 0.2) is 36.5 Å². The standard InChI is InChI=1S/C54H98O6/c1-4-7-10-13-15-17-19-21-23-25-27-29-30-32-34-36-38-41-44-47-53(56)59-50-51(49-58-52(55)46-43-40-12-9-6-3)60-54(57)48-45-42-39-37-35-33-31-28-26-24-22-20-18-16-14-11-8-5-2/h15,17,21,23-24,26,51H,4-14,16,18-20,22,25,27-50H2,1-3H3/b17-15-,23-21-,26-24-. The molecule has 0 saturated heterocycles. The topological polar surface area (TPSA) is 78.9 Å². The highest BCUT2D eigenvalue weighted by atomic mass is 16.6. The first-order valence-electron chi connectivity index (χ1n) is 26.0. The Balaban J connectivity index is 4.15. The number of unbranched alkanes of at least 4 members (excludes halogenated alkanes) is 30. The maximum Gasteiger partial charge on any atom is 0.306 e. The molecule has 0 aromatic heterocycles. The molecule has 0 radical (unpaired) electrons. The predicted octanol–water partition coefficient (Wildman–Crippen LogP) is 16.9. The van der Waals surface area contributed by atoms with Crippen molar-refractivity contribution in [2.75, 3.05) is 13.2 Å². The molecule has 0 spiro atoms. The lowest BCUT2D eigenvalue weighted by molar-refractivity contribution is -0.167. The first-order chi connectivity index (χ1) is 29.5. The number of esters is 3. The SMILES string of the molecule is CCCCC/C=C\C/C=C\CCCCCCCCCCCC(=O)OCC(COC(=O)CCCCCCC)OC(=O)CCCCCCCCC/C=C\CCCCCCCCC. The highest BCUT2D eigenvalue weighted by molar-refractivity contribution is 5.71. The third-order valence-corrected chi connectivity index (χ3v) is 11.4. The number of carbonyl (C=O) groups is 3. The van der Waals surface area contributed by atoms with Crippen molar-refractivity contribution >= 4 is 17.9 Å². The quantitative estimate of drug-likeness (QED) is 0.0263. The molecular formula is C54H98O6. The third kappa shape index (κ3) is 46.7. The fourth-order valence-electron chi connectivity index (χ4n) is 7.41. The third-order valence-electron chi connectivity index (χ3n) is 11.4.